The van der Waals surface area contributed by atoms with E-state index in [1.165, 1.54) is 24.3 Å². The van der Waals surface area contributed by atoms with Gasteiger partial charge >= 0.3 is 6.18 Å². The predicted octanol–water partition coefficient (Wildman–Crippen LogP) is 3.62. The molecule has 0 fully saturated rings. The van der Waals surface area contributed by atoms with Gasteiger partial charge in [0.1, 0.15) is 5.82 Å². The molecule has 0 bridgehead atoms. The van der Waals surface area contributed by atoms with Crippen LogP contribution in [0.5, 0.6) is 0 Å². The second-order valence-corrected chi connectivity index (χ2v) is 4.20. The lowest BCUT2D eigenvalue weighted by molar-refractivity contribution is -0.384. The molecule has 8 heteroatoms. The Morgan fingerprint density at radius 3 is 2.43 bits per heavy atom. The Morgan fingerprint density at radius 2 is 1.86 bits per heavy atom. The monoisotopic (exact) mass is 297 g/mol. The van der Waals surface area contributed by atoms with Gasteiger partial charge in [-0.1, -0.05) is 12.1 Å². The number of hydrogen-bond acceptors (Lipinski definition) is 4. The normalized spacial score (nSPS) is 11.2. The molecular weight excluding hydrogens is 287 g/mol. The summed E-state index contributed by atoms with van der Waals surface area (Å²) in [5.74, 6) is 0.0863. The third-order valence-corrected chi connectivity index (χ3v) is 2.71. The maximum atomic E-state index is 12.5. The number of anilines is 1. The minimum atomic E-state index is -4.42. The van der Waals surface area contributed by atoms with Crippen LogP contribution in [0.2, 0.25) is 0 Å². The molecule has 21 heavy (non-hydrogen) atoms. The Morgan fingerprint density at radius 1 is 1.19 bits per heavy atom. The Kier molecular flexibility index (Phi) is 4.06. The number of halogens is 3. The number of rotatable bonds is 4. The molecule has 1 heterocycles. The molecule has 0 radical (unpaired) electrons. The van der Waals surface area contributed by atoms with E-state index < -0.39 is 16.7 Å². The summed E-state index contributed by atoms with van der Waals surface area (Å²) in [6, 6.07) is 7.51. The standard InChI is InChI=1S/C13H10F3N3O2/c14-13(15,16)10-5-6-17-12(7-10)18-8-9-1-3-11(4-2-9)19(20)21/h1-7H,8H2,(H,17,18). The zero-order valence-electron chi connectivity index (χ0n) is 10.6. The van der Waals surface area contributed by atoms with Crippen LogP contribution in [0.1, 0.15) is 11.1 Å². The van der Waals surface area contributed by atoms with Crippen molar-refractivity contribution in [1.29, 1.82) is 0 Å². The molecule has 5 nitrogen and oxygen atoms in total. The average molecular weight is 297 g/mol. The van der Waals surface area contributed by atoms with Gasteiger partial charge in [0.05, 0.1) is 10.5 Å². The van der Waals surface area contributed by atoms with Crippen molar-refractivity contribution in [1.82, 2.24) is 4.98 Å². The molecular formula is C13H10F3N3O2. The fourth-order valence-electron chi connectivity index (χ4n) is 1.63. The smallest absolute Gasteiger partial charge is 0.366 e. The molecule has 1 aromatic heterocycles. The highest BCUT2D eigenvalue weighted by molar-refractivity contribution is 5.40. The van der Waals surface area contributed by atoms with Crippen LogP contribution < -0.4 is 5.32 Å². The number of pyridine rings is 1. The van der Waals surface area contributed by atoms with Gasteiger partial charge in [-0.3, -0.25) is 10.1 Å². The van der Waals surface area contributed by atoms with Crippen molar-refractivity contribution < 1.29 is 18.1 Å². The second kappa shape index (κ2) is 5.78. The number of hydrogen-bond donors (Lipinski definition) is 1. The highest BCUT2D eigenvalue weighted by atomic mass is 19.4. The van der Waals surface area contributed by atoms with Gasteiger partial charge in [-0.15, -0.1) is 0 Å². The maximum Gasteiger partial charge on any atom is 0.416 e. The number of alkyl halides is 3. The molecule has 1 aromatic carbocycles. The Bertz CT molecular complexity index is 642. The summed E-state index contributed by atoms with van der Waals surface area (Å²) >= 11 is 0. The minimum Gasteiger partial charge on any atom is -0.366 e. The Hall–Kier alpha value is -2.64. The van der Waals surface area contributed by atoms with Crippen molar-refractivity contribution in [2.45, 2.75) is 12.7 Å². The van der Waals surface area contributed by atoms with Crippen LogP contribution in [0.25, 0.3) is 0 Å². The van der Waals surface area contributed by atoms with Gasteiger partial charge in [0.25, 0.3) is 5.69 Å². The van der Waals surface area contributed by atoms with Gasteiger partial charge in [0.2, 0.25) is 0 Å². The second-order valence-electron chi connectivity index (χ2n) is 4.20. The van der Waals surface area contributed by atoms with E-state index >= 15 is 0 Å². The fraction of sp³-hybridized carbons (Fsp3) is 0.154. The summed E-state index contributed by atoms with van der Waals surface area (Å²) in [7, 11) is 0. The van der Waals surface area contributed by atoms with Crippen LogP contribution in [-0.2, 0) is 12.7 Å². The largest absolute Gasteiger partial charge is 0.416 e. The first-order chi connectivity index (χ1) is 9.86. The maximum absolute atomic E-state index is 12.5. The van der Waals surface area contributed by atoms with Crippen LogP contribution in [0, 0.1) is 10.1 Å². The van der Waals surface area contributed by atoms with Crippen molar-refractivity contribution in [2.75, 3.05) is 5.32 Å². The van der Waals surface area contributed by atoms with Crippen LogP contribution in [-0.4, -0.2) is 9.91 Å². The van der Waals surface area contributed by atoms with E-state index in [0.29, 0.717) is 5.56 Å². The van der Waals surface area contributed by atoms with Crippen molar-refractivity contribution in [2.24, 2.45) is 0 Å². The Labute approximate surface area is 117 Å². The molecule has 1 N–H and O–H groups in total. The van der Waals surface area contributed by atoms with E-state index in [2.05, 4.69) is 10.3 Å². The van der Waals surface area contributed by atoms with Crippen LogP contribution in [0.15, 0.2) is 42.6 Å². The molecule has 0 unspecified atom stereocenters. The number of nitro benzene ring substituents is 1. The lowest BCUT2D eigenvalue weighted by Crippen LogP contribution is -2.07. The summed E-state index contributed by atoms with van der Waals surface area (Å²) in [6.45, 7) is 0.215. The SMILES string of the molecule is O=[N+]([O-])c1ccc(CNc2cc(C(F)(F)F)ccn2)cc1. The van der Waals surface area contributed by atoms with E-state index in [-0.39, 0.29) is 18.1 Å². The third-order valence-electron chi connectivity index (χ3n) is 2.71. The number of non-ortho nitro benzene ring substituents is 1. The molecule has 2 rings (SSSR count). The van der Waals surface area contributed by atoms with Crippen molar-refractivity contribution in [3.63, 3.8) is 0 Å². The zero-order chi connectivity index (χ0) is 15.5. The first-order valence-corrected chi connectivity index (χ1v) is 5.87. The van der Waals surface area contributed by atoms with Gasteiger partial charge in [0.15, 0.2) is 0 Å². The molecule has 0 aliphatic heterocycles. The summed E-state index contributed by atoms with van der Waals surface area (Å²) in [5.41, 5.74) is -0.139. The summed E-state index contributed by atoms with van der Waals surface area (Å²) in [6.07, 6.45) is -3.35. The number of nitro groups is 1. The number of nitrogens with one attached hydrogen (secondary N) is 1. The zero-order valence-corrected chi connectivity index (χ0v) is 10.6. The van der Waals surface area contributed by atoms with Crippen LogP contribution in [0.4, 0.5) is 24.7 Å². The Balaban J connectivity index is 2.04. The first-order valence-electron chi connectivity index (χ1n) is 5.87. The molecule has 0 saturated carbocycles. The van der Waals surface area contributed by atoms with E-state index in [0.717, 1.165) is 18.3 Å². The van der Waals surface area contributed by atoms with E-state index in [1.807, 2.05) is 0 Å². The number of benzene rings is 1. The molecule has 0 aliphatic carbocycles. The summed E-state index contributed by atoms with van der Waals surface area (Å²) in [5, 5.41) is 13.2. The van der Waals surface area contributed by atoms with Crippen molar-refractivity contribution in [3.8, 4) is 0 Å². The summed E-state index contributed by atoms with van der Waals surface area (Å²) in [4.78, 5) is 13.8. The number of nitrogens with zero attached hydrogens (tertiary/aromatic N) is 2. The van der Waals surface area contributed by atoms with E-state index in [1.54, 1.807) is 0 Å². The molecule has 0 amide bonds. The predicted molar refractivity (Wildman–Crippen MR) is 69.7 cm³/mol. The van der Waals surface area contributed by atoms with E-state index in [4.69, 9.17) is 0 Å². The topological polar surface area (TPSA) is 68.1 Å². The lowest BCUT2D eigenvalue weighted by Gasteiger charge is -2.09. The molecule has 2 aromatic rings. The first kappa shape index (κ1) is 14.8. The number of aromatic nitrogens is 1. The van der Waals surface area contributed by atoms with Crippen molar-refractivity contribution in [3.05, 3.63) is 63.8 Å². The van der Waals surface area contributed by atoms with Crippen molar-refractivity contribution >= 4 is 11.5 Å². The lowest BCUT2D eigenvalue weighted by atomic mass is 10.2. The average Bonchev–Trinajstić information content (AvgIpc) is 2.45. The third kappa shape index (κ3) is 3.91. The van der Waals surface area contributed by atoms with Gasteiger partial charge in [-0.25, -0.2) is 4.98 Å². The van der Waals surface area contributed by atoms with E-state index in [9.17, 15) is 23.3 Å². The van der Waals surface area contributed by atoms with Gasteiger partial charge < -0.3 is 5.32 Å². The molecule has 0 saturated heterocycles. The van der Waals surface area contributed by atoms with Crippen LogP contribution in [0.3, 0.4) is 0 Å². The fourth-order valence-corrected chi connectivity index (χ4v) is 1.63. The highest BCUT2D eigenvalue weighted by Gasteiger charge is 2.30. The van der Waals surface area contributed by atoms with Gasteiger partial charge in [-0.05, 0) is 17.7 Å². The highest BCUT2D eigenvalue weighted by Crippen LogP contribution is 2.29. The summed E-state index contributed by atoms with van der Waals surface area (Å²) < 4.78 is 37.6. The molecule has 0 spiro atoms. The van der Waals surface area contributed by atoms with Gasteiger partial charge in [0, 0.05) is 24.9 Å². The minimum absolute atomic E-state index is 0.0454. The molecule has 0 aliphatic rings. The van der Waals surface area contributed by atoms with Gasteiger partial charge in [-0.2, -0.15) is 13.2 Å². The molecule has 110 valence electrons. The quantitative estimate of drug-likeness (QED) is 0.691. The molecule has 0 atom stereocenters. The van der Waals surface area contributed by atoms with Crippen LogP contribution >= 0.6 is 0 Å².